The van der Waals surface area contributed by atoms with Crippen molar-refractivity contribution >= 4 is 10.9 Å². The van der Waals surface area contributed by atoms with Crippen molar-refractivity contribution in [2.45, 2.75) is 19.5 Å². The average molecular weight is 545 g/mol. The molecule has 1 aromatic carbocycles. The van der Waals surface area contributed by atoms with Gasteiger partial charge in [0.1, 0.15) is 5.52 Å². The van der Waals surface area contributed by atoms with E-state index in [4.69, 9.17) is 0 Å². The third-order valence-corrected chi connectivity index (χ3v) is 6.20. The van der Waals surface area contributed by atoms with E-state index < -0.39 is 24.0 Å². The minimum absolute atomic E-state index is 0.106. The number of H-pyrrole nitrogens is 1. The fraction of sp³-hybridized carbons (Fsp3) is 0.192. The summed E-state index contributed by atoms with van der Waals surface area (Å²) < 4.78 is 70.9. The van der Waals surface area contributed by atoms with Crippen LogP contribution in [0.3, 0.4) is 0 Å². The number of pyridine rings is 2. The molecule has 0 unspecified atom stereocenters. The van der Waals surface area contributed by atoms with Crippen LogP contribution in [0.4, 0.5) is 22.0 Å². The van der Waals surface area contributed by atoms with Crippen molar-refractivity contribution in [3.05, 3.63) is 88.0 Å². The van der Waals surface area contributed by atoms with Crippen LogP contribution in [-0.4, -0.2) is 37.1 Å². The number of benzene rings is 1. The van der Waals surface area contributed by atoms with Gasteiger partial charge in [0.2, 0.25) is 0 Å². The van der Waals surface area contributed by atoms with E-state index in [1.54, 1.807) is 30.3 Å². The zero-order valence-electron chi connectivity index (χ0n) is 20.2. The molecule has 4 heterocycles. The molecule has 0 fully saturated rings. The molecule has 0 atom stereocenters. The van der Waals surface area contributed by atoms with Gasteiger partial charge in [-0.3, -0.25) is 9.59 Å². The molecule has 5 aromatic rings. The van der Waals surface area contributed by atoms with E-state index in [2.05, 4.69) is 14.8 Å². The van der Waals surface area contributed by atoms with Gasteiger partial charge in [0.05, 0.1) is 12.8 Å². The van der Waals surface area contributed by atoms with Gasteiger partial charge in [-0.1, -0.05) is 30.3 Å². The summed E-state index contributed by atoms with van der Waals surface area (Å²) in [4.78, 5) is 28.9. The number of aryl methyl sites for hydroxylation is 1. The van der Waals surface area contributed by atoms with Gasteiger partial charge in [0, 0.05) is 66.0 Å². The SMILES string of the molecule is Cn1cc(-c2cc(=O)n(CCOC(F)F)cc2-c2ccccc2)c2cc(-c3cnn(C(F)(F)F)c3)[nH]c2c1=O. The molecule has 4 aromatic heterocycles. The van der Waals surface area contributed by atoms with Gasteiger partial charge < -0.3 is 18.9 Å². The third-order valence-electron chi connectivity index (χ3n) is 6.20. The molecule has 5 rings (SSSR count). The van der Waals surface area contributed by atoms with Crippen molar-refractivity contribution in [3.63, 3.8) is 0 Å². The van der Waals surface area contributed by atoms with Crippen LogP contribution in [0.1, 0.15) is 0 Å². The second kappa shape index (κ2) is 9.98. The summed E-state index contributed by atoms with van der Waals surface area (Å²) in [5.74, 6) is 0. The summed E-state index contributed by atoms with van der Waals surface area (Å²) in [6.45, 7) is -3.48. The molecule has 8 nitrogen and oxygen atoms in total. The third kappa shape index (κ3) is 5.12. The first-order valence-electron chi connectivity index (χ1n) is 11.6. The van der Waals surface area contributed by atoms with Crippen molar-refractivity contribution < 1.29 is 26.7 Å². The van der Waals surface area contributed by atoms with Crippen LogP contribution in [-0.2, 0) is 24.6 Å². The lowest BCUT2D eigenvalue weighted by Gasteiger charge is -2.15. The predicted molar refractivity (Wildman–Crippen MR) is 133 cm³/mol. The van der Waals surface area contributed by atoms with Crippen molar-refractivity contribution in [1.29, 1.82) is 0 Å². The minimum atomic E-state index is -4.71. The number of aromatic amines is 1. The van der Waals surface area contributed by atoms with Crippen molar-refractivity contribution in [3.8, 4) is 33.5 Å². The van der Waals surface area contributed by atoms with E-state index in [-0.39, 0.29) is 34.6 Å². The highest BCUT2D eigenvalue weighted by Crippen LogP contribution is 2.36. The molecule has 39 heavy (non-hydrogen) atoms. The van der Waals surface area contributed by atoms with Crippen LogP contribution >= 0.6 is 0 Å². The van der Waals surface area contributed by atoms with E-state index in [0.717, 1.165) is 12.4 Å². The molecule has 0 bridgehead atoms. The van der Waals surface area contributed by atoms with E-state index in [9.17, 15) is 31.5 Å². The van der Waals surface area contributed by atoms with E-state index >= 15 is 0 Å². The second-order valence-electron chi connectivity index (χ2n) is 8.70. The highest BCUT2D eigenvalue weighted by molar-refractivity contribution is 6.00. The molecule has 0 radical (unpaired) electrons. The van der Waals surface area contributed by atoms with Crippen LogP contribution in [0.2, 0.25) is 0 Å². The number of fused-ring (bicyclic) bond motifs is 1. The van der Waals surface area contributed by atoms with E-state index in [0.29, 0.717) is 27.6 Å². The maximum atomic E-state index is 13.1. The normalized spacial score (nSPS) is 12.1. The van der Waals surface area contributed by atoms with Crippen LogP contribution in [0.5, 0.6) is 0 Å². The number of ether oxygens (including phenoxy) is 1. The number of alkyl halides is 5. The number of nitrogens with one attached hydrogen (secondary N) is 1. The number of rotatable bonds is 7. The molecular weight excluding hydrogens is 525 g/mol. The predicted octanol–water partition coefficient (Wildman–Crippen LogP) is 4.94. The lowest BCUT2D eigenvalue weighted by molar-refractivity contribution is -0.212. The first-order chi connectivity index (χ1) is 18.5. The van der Waals surface area contributed by atoms with Gasteiger partial charge in [-0.05, 0) is 17.2 Å². The van der Waals surface area contributed by atoms with Gasteiger partial charge in [0.15, 0.2) is 0 Å². The fourth-order valence-corrected chi connectivity index (χ4v) is 4.36. The Kier molecular flexibility index (Phi) is 6.68. The Morgan fingerprint density at radius 1 is 0.974 bits per heavy atom. The Labute approximate surface area is 216 Å². The van der Waals surface area contributed by atoms with Crippen LogP contribution in [0, 0.1) is 0 Å². The second-order valence-corrected chi connectivity index (χ2v) is 8.70. The molecule has 0 aliphatic heterocycles. The molecule has 1 N–H and O–H groups in total. The van der Waals surface area contributed by atoms with Gasteiger partial charge in [0.25, 0.3) is 11.1 Å². The number of aromatic nitrogens is 5. The largest absolute Gasteiger partial charge is 0.504 e. The zero-order chi connectivity index (χ0) is 27.9. The van der Waals surface area contributed by atoms with Crippen molar-refractivity contribution in [2.75, 3.05) is 6.61 Å². The average Bonchev–Trinajstić information content (AvgIpc) is 3.56. The Hall–Kier alpha value is -4.52. The van der Waals surface area contributed by atoms with Crippen LogP contribution in [0.25, 0.3) is 44.4 Å². The van der Waals surface area contributed by atoms with Gasteiger partial charge in [-0.25, -0.2) is 0 Å². The Balaban J connectivity index is 1.71. The molecule has 0 amide bonds. The minimum Gasteiger partial charge on any atom is -0.350 e. The molecule has 0 saturated heterocycles. The lowest BCUT2D eigenvalue weighted by Crippen LogP contribution is -2.23. The summed E-state index contributed by atoms with van der Waals surface area (Å²) in [6.07, 6.45) is 0.181. The Morgan fingerprint density at radius 2 is 1.72 bits per heavy atom. The van der Waals surface area contributed by atoms with Gasteiger partial charge in [-0.15, -0.1) is 13.2 Å². The van der Waals surface area contributed by atoms with Gasteiger partial charge >= 0.3 is 12.9 Å². The number of nitrogens with zero attached hydrogens (tertiary/aromatic N) is 4. The van der Waals surface area contributed by atoms with Crippen molar-refractivity contribution in [1.82, 2.24) is 23.9 Å². The molecule has 202 valence electrons. The van der Waals surface area contributed by atoms with Crippen molar-refractivity contribution in [2.24, 2.45) is 7.05 Å². The number of halogens is 5. The molecule has 13 heteroatoms. The molecule has 0 spiro atoms. The molecular formula is C26H20F5N5O3. The maximum absolute atomic E-state index is 13.1. The maximum Gasteiger partial charge on any atom is 0.504 e. The highest BCUT2D eigenvalue weighted by Gasteiger charge is 2.32. The monoisotopic (exact) mass is 545 g/mol. The van der Waals surface area contributed by atoms with Crippen LogP contribution < -0.4 is 11.1 Å². The van der Waals surface area contributed by atoms with Crippen LogP contribution in [0.15, 0.2) is 76.8 Å². The summed E-state index contributed by atoms with van der Waals surface area (Å²) in [5, 5.41) is 3.73. The quantitative estimate of drug-likeness (QED) is 0.294. The van der Waals surface area contributed by atoms with E-state index in [1.807, 2.05) is 0 Å². The molecule has 0 saturated carbocycles. The fourth-order valence-electron chi connectivity index (χ4n) is 4.36. The highest BCUT2D eigenvalue weighted by atomic mass is 19.4. The number of hydrogen-bond acceptors (Lipinski definition) is 4. The topological polar surface area (TPSA) is 86.8 Å². The molecule has 0 aliphatic carbocycles. The Bertz CT molecular complexity index is 1770. The summed E-state index contributed by atoms with van der Waals surface area (Å²) in [5.41, 5.74) is 1.71. The summed E-state index contributed by atoms with van der Waals surface area (Å²) in [7, 11) is 1.51. The summed E-state index contributed by atoms with van der Waals surface area (Å²) >= 11 is 0. The van der Waals surface area contributed by atoms with E-state index in [1.165, 1.54) is 40.7 Å². The molecule has 0 aliphatic rings. The number of hydrogen-bond donors (Lipinski definition) is 1. The lowest BCUT2D eigenvalue weighted by atomic mass is 9.95. The zero-order valence-corrected chi connectivity index (χ0v) is 20.2. The summed E-state index contributed by atoms with van der Waals surface area (Å²) in [6, 6.07) is 11.8. The first-order valence-corrected chi connectivity index (χ1v) is 11.6. The smallest absolute Gasteiger partial charge is 0.350 e. The standard InChI is InChI=1S/C26H20F5N5O3/c1-34-13-20(18-9-21(33-23(18)24(34)38)16-11-32-36(12-16)26(29,30)31)17-10-22(37)35(7-8-39-25(27)28)14-19(17)15-5-3-2-4-6-15/h2-6,9-14,25,33H,7-8H2,1H3. The van der Waals surface area contributed by atoms with Gasteiger partial charge in [-0.2, -0.15) is 18.6 Å². The Morgan fingerprint density at radius 3 is 2.38 bits per heavy atom. The first kappa shape index (κ1) is 26.1.